The third-order valence-corrected chi connectivity index (χ3v) is 2.34. The first-order valence-electron chi connectivity index (χ1n) is 7.05. The van der Waals surface area contributed by atoms with Crippen molar-refractivity contribution in [1.29, 1.82) is 0 Å². The second-order valence-corrected chi connectivity index (χ2v) is 5.41. The number of guanidine groups is 1. The molecule has 0 atom stereocenters. The smallest absolute Gasteiger partial charge is 0.191 e. The van der Waals surface area contributed by atoms with Crippen LogP contribution < -0.4 is 10.6 Å². The normalized spacial score (nSPS) is 10.7. The van der Waals surface area contributed by atoms with Crippen LogP contribution >= 0.6 is 24.0 Å². The Kier molecular flexibility index (Phi) is 9.60. The van der Waals surface area contributed by atoms with E-state index in [0.717, 1.165) is 30.5 Å². The molecule has 0 radical (unpaired) electrons. The lowest BCUT2D eigenvalue weighted by atomic mass is 10.2. The molecule has 2 N–H and O–H groups in total. The summed E-state index contributed by atoms with van der Waals surface area (Å²) in [5.74, 6) is 1.50. The van der Waals surface area contributed by atoms with E-state index >= 15 is 0 Å². The van der Waals surface area contributed by atoms with Gasteiger partial charge in [0.1, 0.15) is 12.3 Å². The average molecular weight is 410 g/mol. The predicted octanol–water partition coefficient (Wildman–Crippen LogP) is 2.68. The Balaban J connectivity index is 0.00000400. The first-order valence-corrected chi connectivity index (χ1v) is 7.05. The highest BCUT2D eigenvalue weighted by Crippen LogP contribution is 2.13. The van der Waals surface area contributed by atoms with Crippen LogP contribution in [-0.4, -0.2) is 29.8 Å². The number of halogens is 1. The van der Waals surface area contributed by atoms with Gasteiger partial charge in [-0.2, -0.15) is 0 Å². The van der Waals surface area contributed by atoms with Crippen LogP contribution in [0.4, 0.5) is 0 Å². The minimum absolute atomic E-state index is 0. The predicted molar refractivity (Wildman–Crippen MR) is 95.0 cm³/mol. The Labute approximate surface area is 144 Å². The number of hydrogen-bond donors (Lipinski definition) is 2. The Morgan fingerprint density at radius 2 is 1.90 bits per heavy atom. The van der Waals surface area contributed by atoms with Crippen molar-refractivity contribution in [2.75, 3.05) is 13.1 Å². The number of aliphatic imine (C=N–C) groups is 1. The first kappa shape index (κ1) is 20.2. The molecule has 122 valence electrons. The molecule has 7 heteroatoms. The van der Waals surface area contributed by atoms with Crippen LogP contribution in [0, 0.1) is 0 Å². The Morgan fingerprint density at radius 1 is 1.29 bits per heavy atom. The maximum atomic E-state index is 5.64. The van der Waals surface area contributed by atoms with Gasteiger partial charge in [-0.25, -0.2) is 4.99 Å². The average Bonchev–Trinajstić information content (AvgIpc) is 2.81. The molecule has 21 heavy (non-hydrogen) atoms. The molecule has 0 bridgehead atoms. The van der Waals surface area contributed by atoms with Gasteiger partial charge in [0.15, 0.2) is 11.7 Å². The van der Waals surface area contributed by atoms with E-state index in [4.69, 9.17) is 9.26 Å². The number of aromatic nitrogens is 1. The minimum atomic E-state index is -0.186. The van der Waals surface area contributed by atoms with E-state index < -0.39 is 0 Å². The summed E-state index contributed by atoms with van der Waals surface area (Å²) in [4.78, 5) is 4.43. The molecule has 1 aromatic heterocycles. The molecule has 1 rings (SSSR count). The van der Waals surface area contributed by atoms with Crippen LogP contribution in [0.25, 0.3) is 0 Å². The van der Waals surface area contributed by atoms with E-state index in [1.165, 1.54) is 0 Å². The fourth-order valence-corrected chi connectivity index (χ4v) is 1.46. The molecule has 0 aliphatic heterocycles. The van der Waals surface area contributed by atoms with Crippen molar-refractivity contribution in [1.82, 2.24) is 15.8 Å². The number of rotatable bonds is 6. The summed E-state index contributed by atoms with van der Waals surface area (Å²) in [6, 6.07) is 1.88. The summed E-state index contributed by atoms with van der Waals surface area (Å²) in [6.07, 6.45) is 0. The molecule has 0 saturated carbocycles. The summed E-state index contributed by atoms with van der Waals surface area (Å²) in [5, 5.41) is 10.3. The van der Waals surface area contributed by atoms with Gasteiger partial charge in [0.25, 0.3) is 0 Å². The van der Waals surface area contributed by atoms with Crippen molar-refractivity contribution < 1.29 is 9.26 Å². The number of nitrogens with zero attached hydrogens (tertiary/aromatic N) is 2. The Hall–Kier alpha value is -0.830. The Bertz CT molecular complexity index is 419. The zero-order chi connectivity index (χ0) is 15.0. The van der Waals surface area contributed by atoms with Crippen molar-refractivity contribution in [2.45, 2.75) is 53.4 Å². The maximum absolute atomic E-state index is 5.64. The second-order valence-electron chi connectivity index (χ2n) is 5.41. The van der Waals surface area contributed by atoms with Gasteiger partial charge in [-0.15, -0.1) is 24.0 Å². The lowest BCUT2D eigenvalue weighted by molar-refractivity contribution is -0.0241. The fraction of sp³-hybridized carbons (Fsp3) is 0.714. The van der Waals surface area contributed by atoms with E-state index in [9.17, 15) is 0 Å². The standard InChI is InChI=1S/C14H26N4O2.HI/c1-6-15-13(16-7-2)17-9-11-8-12(20-18-11)10-19-14(3,4)5;/h8H,6-7,9-10H2,1-5H3,(H2,15,16,17);1H. The van der Waals surface area contributed by atoms with Crippen molar-refractivity contribution >= 4 is 29.9 Å². The summed E-state index contributed by atoms with van der Waals surface area (Å²) < 4.78 is 10.9. The summed E-state index contributed by atoms with van der Waals surface area (Å²) in [7, 11) is 0. The van der Waals surface area contributed by atoms with Crippen LogP contribution in [0.5, 0.6) is 0 Å². The topological polar surface area (TPSA) is 71.7 Å². The second kappa shape index (κ2) is 9.99. The lowest BCUT2D eigenvalue weighted by Crippen LogP contribution is -2.36. The number of nitrogens with one attached hydrogen (secondary N) is 2. The third-order valence-electron chi connectivity index (χ3n) is 2.34. The van der Waals surface area contributed by atoms with Crippen molar-refractivity contribution in [2.24, 2.45) is 4.99 Å². The summed E-state index contributed by atoms with van der Waals surface area (Å²) >= 11 is 0. The summed E-state index contributed by atoms with van der Waals surface area (Å²) in [6.45, 7) is 12.7. The zero-order valence-corrected chi connectivity index (χ0v) is 15.9. The van der Waals surface area contributed by atoms with Gasteiger partial charge in [0.2, 0.25) is 0 Å². The van der Waals surface area contributed by atoms with Crippen LogP contribution in [0.15, 0.2) is 15.6 Å². The molecule has 0 amide bonds. The Morgan fingerprint density at radius 3 is 2.43 bits per heavy atom. The molecule has 0 saturated heterocycles. The zero-order valence-electron chi connectivity index (χ0n) is 13.5. The molecule has 0 aliphatic rings. The fourth-order valence-electron chi connectivity index (χ4n) is 1.46. The third kappa shape index (κ3) is 8.92. The van der Waals surface area contributed by atoms with Gasteiger partial charge in [0, 0.05) is 19.2 Å². The lowest BCUT2D eigenvalue weighted by Gasteiger charge is -2.17. The van der Waals surface area contributed by atoms with E-state index in [1.807, 2.05) is 40.7 Å². The highest BCUT2D eigenvalue weighted by atomic mass is 127. The van der Waals surface area contributed by atoms with Gasteiger partial charge in [0.05, 0.1) is 12.1 Å². The molecule has 6 nitrogen and oxygen atoms in total. The molecular weight excluding hydrogens is 383 g/mol. The van der Waals surface area contributed by atoms with Crippen molar-refractivity contribution in [3.05, 3.63) is 17.5 Å². The van der Waals surface area contributed by atoms with Crippen LogP contribution in [0.3, 0.4) is 0 Å². The maximum Gasteiger partial charge on any atom is 0.191 e. The molecule has 1 aromatic rings. The van der Waals surface area contributed by atoms with E-state index in [0.29, 0.717) is 13.2 Å². The number of ether oxygens (including phenoxy) is 1. The van der Waals surface area contributed by atoms with E-state index in [1.54, 1.807) is 0 Å². The van der Waals surface area contributed by atoms with Crippen LogP contribution in [0.1, 0.15) is 46.1 Å². The molecular formula is C14H27IN4O2. The largest absolute Gasteiger partial charge is 0.368 e. The quantitative estimate of drug-likeness (QED) is 0.429. The summed E-state index contributed by atoms with van der Waals surface area (Å²) in [5.41, 5.74) is 0.611. The van der Waals surface area contributed by atoms with Crippen LogP contribution in [-0.2, 0) is 17.9 Å². The highest BCUT2D eigenvalue weighted by Gasteiger charge is 2.12. The molecule has 0 spiro atoms. The molecule has 1 heterocycles. The van der Waals surface area contributed by atoms with Gasteiger partial charge in [-0.3, -0.25) is 0 Å². The first-order chi connectivity index (χ1) is 9.44. The molecule has 0 aromatic carbocycles. The minimum Gasteiger partial charge on any atom is -0.368 e. The highest BCUT2D eigenvalue weighted by molar-refractivity contribution is 14.0. The molecule has 0 aliphatic carbocycles. The van der Waals surface area contributed by atoms with Crippen molar-refractivity contribution in [3.63, 3.8) is 0 Å². The monoisotopic (exact) mass is 410 g/mol. The van der Waals surface area contributed by atoms with Crippen molar-refractivity contribution in [3.8, 4) is 0 Å². The number of hydrogen-bond acceptors (Lipinski definition) is 4. The molecule has 0 unspecified atom stereocenters. The SMILES string of the molecule is CCNC(=NCc1cc(COC(C)(C)C)on1)NCC.I. The van der Waals surface area contributed by atoms with Gasteiger partial charge in [-0.1, -0.05) is 5.16 Å². The van der Waals surface area contributed by atoms with E-state index in [2.05, 4.69) is 20.8 Å². The van der Waals surface area contributed by atoms with Crippen LogP contribution in [0.2, 0.25) is 0 Å². The van der Waals surface area contributed by atoms with E-state index in [-0.39, 0.29) is 29.6 Å². The van der Waals surface area contributed by atoms with Gasteiger partial charge < -0.3 is 19.9 Å². The van der Waals surface area contributed by atoms with Gasteiger partial charge in [-0.05, 0) is 34.6 Å². The van der Waals surface area contributed by atoms with Gasteiger partial charge >= 0.3 is 0 Å². The molecule has 0 fully saturated rings.